The fraction of sp³-hybridized carbons (Fsp3) is 0.269. The lowest BCUT2D eigenvalue weighted by Crippen LogP contribution is -2.43. The molecule has 1 heterocycles. The van der Waals surface area contributed by atoms with Crippen LogP contribution in [0, 0.1) is 0 Å². The van der Waals surface area contributed by atoms with Crippen LogP contribution in [0.1, 0.15) is 11.1 Å². The van der Waals surface area contributed by atoms with Gasteiger partial charge in [-0.1, -0.05) is 46.3 Å². The third-order valence-corrected chi connectivity index (χ3v) is 8.37. The number of fused-ring (bicyclic) bond motifs is 1. The minimum absolute atomic E-state index is 0.0433. The topological polar surface area (TPSA) is 76.2 Å². The number of carbonyl (C=O) groups excluding carboxylic acids is 1. The number of benzene rings is 3. The van der Waals surface area contributed by atoms with E-state index in [9.17, 15) is 13.2 Å². The first-order chi connectivity index (χ1) is 16.8. The molecule has 35 heavy (non-hydrogen) atoms. The highest BCUT2D eigenvalue weighted by Gasteiger charge is 2.32. The smallest absolute Gasteiger partial charge is 0.243 e. The lowest BCUT2D eigenvalue weighted by molar-refractivity contribution is -0.118. The van der Waals surface area contributed by atoms with Crippen LogP contribution in [0.4, 0.5) is 5.69 Å². The normalized spacial score (nSPS) is 13.1. The van der Waals surface area contributed by atoms with Gasteiger partial charge < -0.3 is 14.4 Å². The number of ether oxygens (including phenoxy) is 2. The Hall–Kier alpha value is -2.88. The van der Waals surface area contributed by atoms with Crippen LogP contribution in [0.25, 0.3) is 0 Å². The number of amides is 1. The monoisotopic (exact) mass is 558 g/mol. The van der Waals surface area contributed by atoms with Crippen LogP contribution >= 0.6 is 15.9 Å². The molecular weight excluding hydrogens is 532 g/mol. The first kappa shape index (κ1) is 25.2. The van der Waals surface area contributed by atoms with Gasteiger partial charge in [-0.15, -0.1) is 0 Å². The van der Waals surface area contributed by atoms with Gasteiger partial charge in [-0.25, -0.2) is 8.42 Å². The van der Waals surface area contributed by atoms with Gasteiger partial charge in [0.1, 0.15) is 0 Å². The lowest BCUT2D eigenvalue weighted by atomic mass is 10.1. The number of sulfonamides is 1. The standard InChI is InChI=1S/C26H27BrN2O5S/c1-33-24-11-9-22(17-25(24)34-2)35(31,32)28(14-12-19-6-4-3-5-7-19)18-26(30)29-15-13-20-16-21(27)8-10-23(20)29/h3-11,16-17H,12-15,18H2,1-2H3. The second-order valence-corrected chi connectivity index (χ2v) is 11.0. The number of carbonyl (C=O) groups is 1. The molecule has 0 radical (unpaired) electrons. The van der Waals surface area contributed by atoms with E-state index in [0.717, 1.165) is 27.7 Å². The maximum absolute atomic E-state index is 13.7. The summed E-state index contributed by atoms with van der Waals surface area (Å²) >= 11 is 3.47. The van der Waals surface area contributed by atoms with Crippen LogP contribution in [-0.4, -0.2) is 52.5 Å². The van der Waals surface area contributed by atoms with Crippen molar-refractivity contribution in [3.63, 3.8) is 0 Å². The van der Waals surface area contributed by atoms with Gasteiger partial charge in [0.05, 0.1) is 25.7 Å². The van der Waals surface area contributed by atoms with E-state index in [0.29, 0.717) is 24.5 Å². The summed E-state index contributed by atoms with van der Waals surface area (Å²) in [5.41, 5.74) is 2.87. The fourth-order valence-corrected chi connectivity index (χ4v) is 5.99. The van der Waals surface area contributed by atoms with Gasteiger partial charge in [0.2, 0.25) is 15.9 Å². The van der Waals surface area contributed by atoms with E-state index >= 15 is 0 Å². The van der Waals surface area contributed by atoms with E-state index in [1.165, 1.54) is 30.7 Å². The molecule has 1 amide bonds. The third-order valence-electron chi connectivity index (χ3n) is 6.04. The van der Waals surface area contributed by atoms with Crippen molar-refractivity contribution in [1.82, 2.24) is 4.31 Å². The van der Waals surface area contributed by atoms with E-state index in [4.69, 9.17) is 9.47 Å². The summed E-state index contributed by atoms with van der Waals surface area (Å²) in [7, 11) is -1.05. The predicted octanol–water partition coefficient (Wildman–Crippen LogP) is 4.29. The Labute approximate surface area is 214 Å². The molecule has 0 fully saturated rings. The molecular formula is C26H27BrN2O5S. The molecule has 0 bridgehead atoms. The summed E-state index contributed by atoms with van der Waals surface area (Å²) in [6, 6.07) is 19.8. The number of methoxy groups -OCH3 is 2. The van der Waals surface area contributed by atoms with E-state index in [1.54, 1.807) is 11.0 Å². The van der Waals surface area contributed by atoms with Crippen molar-refractivity contribution in [3.05, 3.63) is 82.3 Å². The predicted molar refractivity (Wildman–Crippen MR) is 139 cm³/mol. The van der Waals surface area contributed by atoms with Crippen LogP contribution in [0.2, 0.25) is 0 Å². The zero-order chi connectivity index (χ0) is 25.0. The molecule has 0 aliphatic carbocycles. The van der Waals surface area contributed by atoms with E-state index < -0.39 is 10.0 Å². The molecule has 9 heteroatoms. The Morgan fingerprint density at radius 3 is 2.46 bits per heavy atom. The number of hydrogen-bond acceptors (Lipinski definition) is 5. The number of rotatable bonds is 9. The fourth-order valence-electron chi connectivity index (χ4n) is 4.17. The largest absolute Gasteiger partial charge is 0.493 e. The molecule has 0 saturated heterocycles. The maximum Gasteiger partial charge on any atom is 0.243 e. The average Bonchev–Trinajstić information content (AvgIpc) is 3.29. The van der Waals surface area contributed by atoms with Gasteiger partial charge in [-0.2, -0.15) is 4.31 Å². The molecule has 0 unspecified atom stereocenters. The van der Waals surface area contributed by atoms with Crippen LogP contribution in [0.15, 0.2) is 76.1 Å². The Bertz CT molecular complexity index is 1310. The minimum atomic E-state index is -3.99. The second-order valence-electron chi connectivity index (χ2n) is 8.16. The summed E-state index contributed by atoms with van der Waals surface area (Å²) in [5.74, 6) is 0.475. The Morgan fingerprint density at radius 1 is 1.00 bits per heavy atom. The highest BCUT2D eigenvalue weighted by molar-refractivity contribution is 9.10. The first-order valence-corrected chi connectivity index (χ1v) is 13.4. The molecule has 7 nitrogen and oxygen atoms in total. The van der Waals surface area contributed by atoms with Crippen LogP contribution in [0.3, 0.4) is 0 Å². The van der Waals surface area contributed by atoms with E-state index in [-0.39, 0.29) is 23.9 Å². The molecule has 184 valence electrons. The van der Waals surface area contributed by atoms with Crippen LogP contribution < -0.4 is 14.4 Å². The quantitative estimate of drug-likeness (QED) is 0.391. The van der Waals surface area contributed by atoms with Gasteiger partial charge in [-0.3, -0.25) is 4.79 Å². The van der Waals surface area contributed by atoms with E-state index in [1.807, 2.05) is 48.5 Å². The van der Waals surface area contributed by atoms with Crippen LogP contribution in [0.5, 0.6) is 11.5 Å². The summed E-state index contributed by atoms with van der Waals surface area (Å²) in [4.78, 5) is 15.1. The molecule has 0 spiro atoms. The summed E-state index contributed by atoms with van der Waals surface area (Å²) in [5, 5.41) is 0. The van der Waals surface area contributed by atoms with Crippen molar-refractivity contribution in [3.8, 4) is 11.5 Å². The van der Waals surface area contributed by atoms with Crippen molar-refractivity contribution in [1.29, 1.82) is 0 Å². The molecule has 0 aromatic heterocycles. The zero-order valence-electron chi connectivity index (χ0n) is 19.6. The first-order valence-electron chi connectivity index (χ1n) is 11.2. The Kier molecular flexibility index (Phi) is 7.78. The van der Waals surface area contributed by atoms with Crippen LogP contribution in [-0.2, 0) is 27.7 Å². The summed E-state index contributed by atoms with van der Waals surface area (Å²) in [6.45, 7) is 0.417. The third kappa shape index (κ3) is 5.52. The lowest BCUT2D eigenvalue weighted by Gasteiger charge is -2.25. The van der Waals surface area contributed by atoms with Gasteiger partial charge in [0.25, 0.3) is 0 Å². The number of hydrogen-bond donors (Lipinski definition) is 0. The van der Waals surface area contributed by atoms with Crippen molar-refractivity contribution in [2.75, 3.05) is 38.8 Å². The highest BCUT2D eigenvalue weighted by atomic mass is 79.9. The van der Waals surface area contributed by atoms with Crippen molar-refractivity contribution >= 4 is 37.5 Å². The molecule has 0 atom stereocenters. The molecule has 0 saturated carbocycles. The highest BCUT2D eigenvalue weighted by Crippen LogP contribution is 2.32. The molecule has 1 aliphatic heterocycles. The van der Waals surface area contributed by atoms with Crippen molar-refractivity contribution in [2.24, 2.45) is 0 Å². The summed E-state index contributed by atoms with van der Waals surface area (Å²) in [6.07, 6.45) is 1.21. The molecule has 3 aromatic carbocycles. The van der Waals surface area contributed by atoms with Crippen molar-refractivity contribution in [2.45, 2.75) is 17.7 Å². The SMILES string of the molecule is COc1ccc(S(=O)(=O)N(CCc2ccccc2)CC(=O)N2CCc3cc(Br)ccc32)cc1OC. The van der Waals surface area contributed by atoms with E-state index in [2.05, 4.69) is 15.9 Å². The Balaban J connectivity index is 1.63. The van der Waals surface area contributed by atoms with Crippen molar-refractivity contribution < 1.29 is 22.7 Å². The maximum atomic E-state index is 13.7. The van der Waals surface area contributed by atoms with Gasteiger partial charge in [0.15, 0.2) is 11.5 Å². The molecule has 4 rings (SSSR count). The molecule has 3 aromatic rings. The zero-order valence-corrected chi connectivity index (χ0v) is 22.0. The number of anilines is 1. The Morgan fingerprint density at radius 2 is 1.74 bits per heavy atom. The second kappa shape index (κ2) is 10.8. The molecule has 0 N–H and O–H groups in total. The summed E-state index contributed by atoms with van der Waals surface area (Å²) < 4.78 is 40.2. The van der Waals surface area contributed by atoms with Gasteiger partial charge in [0, 0.05) is 29.3 Å². The number of nitrogens with zero attached hydrogens (tertiary/aromatic N) is 2. The average molecular weight is 559 g/mol. The number of halogens is 1. The van der Waals surface area contributed by atoms with Gasteiger partial charge in [-0.05, 0) is 54.3 Å². The minimum Gasteiger partial charge on any atom is -0.493 e. The van der Waals surface area contributed by atoms with Gasteiger partial charge >= 0.3 is 0 Å². The molecule has 1 aliphatic rings.